The summed E-state index contributed by atoms with van der Waals surface area (Å²) in [5, 5.41) is 6.76. The third kappa shape index (κ3) is 3.14. The quantitative estimate of drug-likeness (QED) is 0.823. The van der Waals surface area contributed by atoms with Crippen molar-refractivity contribution in [3.63, 3.8) is 0 Å². The molecule has 2 saturated carbocycles. The smallest absolute Gasteiger partial charge is 0.223 e. The molecule has 4 unspecified atom stereocenters. The van der Waals surface area contributed by atoms with E-state index in [2.05, 4.69) is 24.5 Å². The fourth-order valence-corrected chi connectivity index (χ4v) is 4.36. The van der Waals surface area contributed by atoms with Crippen LogP contribution >= 0.6 is 12.4 Å². The highest BCUT2D eigenvalue weighted by Crippen LogP contribution is 2.58. The predicted octanol–water partition coefficient (Wildman–Crippen LogP) is 2.74. The third-order valence-corrected chi connectivity index (χ3v) is 5.86. The van der Waals surface area contributed by atoms with E-state index in [1.807, 2.05) is 0 Å². The molecular formula is C16H29ClN2O. The van der Waals surface area contributed by atoms with Crippen molar-refractivity contribution in [3.05, 3.63) is 0 Å². The lowest BCUT2D eigenvalue weighted by molar-refractivity contribution is -0.124. The van der Waals surface area contributed by atoms with Crippen molar-refractivity contribution in [1.29, 1.82) is 0 Å². The molecule has 1 saturated heterocycles. The normalized spacial score (nSPS) is 38.9. The number of halogens is 1. The van der Waals surface area contributed by atoms with Crippen LogP contribution in [0.15, 0.2) is 0 Å². The monoisotopic (exact) mass is 300 g/mol. The van der Waals surface area contributed by atoms with Gasteiger partial charge in [0.25, 0.3) is 0 Å². The molecule has 3 rings (SSSR count). The number of hydrogen-bond acceptors (Lipinski definition) is 2. The molecule has 1 spiro atoms. The summed E-state index contributed by atoms with van der Waals surface area (Å²) in [6, 6.07) is 0.433. The van der Waals surface area contributed by atoms with Crippen LogP contribution in [0.4, 0.5) is 0 Å². The molecular weight excluding hydrogens is 272 g/mol. The first-order chi connectivity index (χ1) is 9.11. The van der Waals surface area contributed by atoms with E-state index in [1.54, 1.807) is 0 Å². The first-order valence-electron chi connectivity index (χ1n) is 8.12. The number of rotatable bonds is 2. The van der Waals surface area contributed by atoms with Crippen molar-refractivity contribution in [2.75, 3.05) is 13.1 Å². The SMILES string of the molecule is CC1CCC(NC(=O)C2CC23CCNCC3)C(C)C1.Cl. The summed E-state index contributed by atoms with van der Waals surface area (Å²) < 4.78 is 0. The average molecular weight is 301 g/mol. The average Bonchev–Trinajstić information content (AvgIpc) is 3.07. The van der Waals surface area contributed by atoms with Gasteiger partial charge in [-0.1, -0.05) is 13.8 Å². The van der Waals surface area contributed by atoms with Crippen molar-refractivity contribution < 1.29 is 4.79 Å². The van der Waals surface area contributed by atoms with Crippen molar-refractivity contribution in [1.82, 2.24) is 10.6 Å². The van der Waals surface area contributed by atoms with Crippen LogP contribution in [0.2, 0.25) is 0 Å². The Hall–Kier alpha value is -0.280. The van der Waals surface area contributed by atoms with Crippen LogP contribution in [0, 0.1) is 23.2 Å². The van der Waals surface area contributed by atoms with E-state index >= 15 is 0 Å². The highest BCUT2D eigenvalue weighted by molar-refractivity contribution is 5.85. The second-order valence-electron chi connectivity index (χ2n) is 7.38. The zero-order chi connectivity index (χ0) is 13.5. The summed E-state index contributed by atoms with van der Waals surface area (Å²) in [4.78, 5) is 12.4. The van der Waals surface area contributed by atoms with E-state index in [0.29, 0.717) is 29.2 Å². The largest absolute Gasteiger partial charge is 0.353 e. The molecule has 2 N–H and O–H groups in total. The number of carbonyl (C=O) groups excluding carboxylic acids is 1. The van der Waals surface area contributed by atoms with E-state index in [1.165, 1.54) is 32.1 Å². The molecule has 1 aliphatic heterocycles. The molecule has 116 valence electrons. The molecule has 1 heterocycles. The second kappa shape index (κ2) is 6.23. The molecule has 4 atom stereocenters. The van der Waals surface area contributed by atoms with Gasteiger partial charge in [-0.05, 0) is 68.9 Å². The van der Waals surface area contributed by atoms with E-state index in [9.17, 15) is 4.79 Å². The van der Waals surface area contributed by atoms with Gasteiger partial charge >= 0.3 is 0 Å². The maximum atomic E-state index is 12.4. The summed E-state index contributed by atoms with van der Waals surface area (Å²) in [5.41, 5.74) is 0.376. The van der Waals surface area contributed by atoms with Crippen LogP contribution in [0.3, 0.4) is 0 Å². The summed E-state index contributed by atoms with van der Waals surface area (Å²) in [7, 11) is 0. The minimum absolute atomic E-state index is 0. The first-order valence-corrected chi connectivity index (χ1v) is 8.12. The maximum absolute atomic E-state index is 12.4. The second-order valence-corrected chi connectivity index (χ2v) is 7.38. The van der Waals surface area contributed by atoms with E-state index in [4.69, 9.17) is 0 Å². The van der Waals surface area contributed by atoms with Gasteiger partial charge < -0.3 is 10.6 Å². The highest BCUT2D eigenvalue weighted by atomic mass is 35.5. The van der Waals surface area contributed by atoms with Crippen LogP contribution < -0.4 is 10.6 Å². The summed E-state index contributed by atoms with van der Waals surface area (Å²) in [5.74, 6) is 2.16. The number of amides is 1. The van der Waals surface area contributed by atoms with Crippen molar-refractivity contribution >= 4 is 18.3 Å². The fourth-order valence-electron chi connectivity index (χ4n) is 4.36. The maximum Gasteiger partial charge on any atom is 0.223 e. The minimum atomic E-state index is 0. The van der Waals surface area contributed by atoms with Crippen LogP contribution in [0.5, 0.6) is 0 Å². The molecule has 3 nitrogen and oxygen atoms in total. The van der Waals surface area contributed by atoms with E-state index in [0.717, 1.165) is 25.4 Å². The molecule has 0 aromatic rings. The van der Waals surface area contributed by atoms with Crippen molar-refractivity contribution in [3.8, 4) is 0 Å². The Balaban J connectivity index is 0.00000147. The standard InChI is InChI=1S/C16H28N2O.ClH/c1-11-3-4-14(12(2)9-11)18-15(19)13-10-16(13)5-7-17-8-6-16;/h11-14,17H,3-10H2,1-2H3,(H,18,19);1H. The van der Waals surface area contributed by atoms with Crippen molar-refractivity contribution in [2.24, 2.45) is 23.2 Å². The van der Waals surface area contributed by atoms with Crippen LogP contribution in [-0.4, -0.2) is 25.0 Å². The Labute approximate surface area is 129 Å². The molecule has 20 heavy (non-hydrogen) atoms. The Bertz CT molecular complexity index is 354. The number of carbonyl (C=O) groups is 1. The molecule has 4 heteroatoms. The Kier molecular flexibility index (Phi) is 5.01. The minimum Gasteiger partial charge on any atom is -0.353 e. The van der Waals surface area contributed by atoms with Crippen LogP contribution in [-0.2, 0) is 4.79 Å². The molecule has 0 bridgehead atoms. The summed E-state index contributed by atoms with van der Waals surface area (Å²) >= 11 is 0. The van der Waals surface area contributed by atoms with E-state index < -0.39 is 0 Å². The van der Waals surface area contributed by atoms with Crippen LogP contribution in [0.25, 0.3) is 0 Å². The lowest BCUT2D eigenvalue weighted by Crippen LogP contribution is -2.44. The molecule has 3 fully saturated rings. The fraction of sp³-hybridized carbons (Fsp3) is 0.938. The lowest BCUT2D eigenvalue weighted by Gasteiger charge is -2.33. The van der Waals surface area contributed by atoms with Gasteiger partial charge in [0.1, 0.15) is 0 Å². The molecule has 0 radical (unpaired) electrons. The zero-order valence-electron chi connectivity index (χ0n) is 12.8. The van der Waals surface area contributed by atoms with Crippen LogP contribution in [0.1, 0.15) is 52.4 Å². The predicted molar refractivity (Wildman–Crippen MR) is 84.0 cm³/mol. The summed E-state index contributed by atoms with van der Waals surface area (Å²) in [6.45, 7) is 6.83. The molecule has 2 aliphatic carbocycles. The van der Waals surface area contributed by atoms with Gasteiger partial charge in [0.15, 0.2) is 0 Å². The van der Waals surface area contributed by atoms with E-state index in [-0.39, 0.29) is 12.4 Å². The van der Waals surface area contributed by atoms with Crippen molar-refractivity contribution in [2.45, 2.75) is 58.4 Å². The number of piperidine rings is 1. The van der Waals surface area contributed by atoms with Gasteiger partial charge in [-0.3, -0.25) is 4.79 Å². The molecule has 3 aliphatic rings. The Morgan fingerprint density at radius 3 is 2.55 bits per heavy atom. The topological polar surface area (TPSA) is 41.1 Å². The van der Waals surface area contributed by atoms with Gasteiger partial charge in [-0.15, -0.1) is 12.4 Å². The Morgan fingerprint density at radius 1 is 1.20 bits per heavy atom. The molecule has 0 aromatic carbocycles. The highest BCUT2D eigenvalue weighted by Gasteiger charge is 2.57. The lowest BCUT2D eigenvalue weighted by atomic mass is 9.79. The zero-order valence-corrected chi connectivity index (χ0v) is 13.6. The number of nitrogens with one attached hydrogen (secondary N) is 2. The van der Waals surface area contributed by atoms with Gasteiger partial charge in [-0.25, -0.2) is 0 Å². The molecule has 1 amide bonds. The number of hydrogen-bond donors (Lipinski definition) is 2. The first kappa shape index (κ1) is 16.1. The Morgan fingerprint density at radius 2 is 1.90 bits per heavy atom. The van der Waals surface area contributed by atoms with Gasteiger partial charge in [0.05, 0.1) is 0 Å². The van der Waals surface area contributed by atoms with Gasteiger partial charge in [-0.2, -0.15) is 0 Å². The van der Waals surface area contributed by atoms with Gasteiger partial charge in [0, 0.05) is 12.0 Å². The van der Waals surface area contributed by atoms with Gasteiger partial charge in [0.2, 0.25) is 5.91 Å². The molecule has 0 aromatic heterocycles. The third-order valence-electron chi connectivity index (χ3n) is 5.86. The summed E-state index contributed by atoms with van der Waals surface area (Å²) in [6.07, 6.45) is 7.25.